The van der Waals surface area contributed by atoms with E-state index in [-0.39, 0.29) is 11.3 Å². The highest BCUT2D eigenvalue weighted by molar-refractivity contribution is 5.90. The fourth-order valence-electron chi connectivity index (χ4n) is 3.31. The van der Waals surface area contributed by atoms with Crippen LogP contribution in [0.4, 0.5) is 0 Å². The van der Waals surface area contributed by atoms with Gasteiger partial charge in [0.25, 0.3) is 0 Å². The first-order chi connectivity index (χ1) is 12.3. The van der Waals surface area contributed by atoms with Gasteiger partial charge in [-0.3, -0.25) is 0 Å². The Balaban J connectivity index is 1.98. The highest BCUT2D eigenvalue weighted by Crippen LogP contribution is 2.36. The van der Waals surface area contributed by atoms with Gasteiger partial charge in [-0.05, 0) is 42.5 Å². The van der Waals surface area contributed by atoms with Crippen LogP contribution in [0.1, 0.15) is 37.5 Å². The third-order valence-electron chi connectivity index (χ3n) is 4.88. The highest BCUT2D eigenvalue weighted by atomic mass is 16.3. The van der Waals surface area contributed by atoms with E-state index in [0.717, 1.165) is 33.2 Å². The third kappa shape index (κ3) is 2.53. The topological polar surface area (TPSA) is 59.2 Å². The molecular weight excluding hydrogens is 324 g/mol. The van der Waals surface area contributed by atoms with Crippen molar-refractivity contribution in [2.45, 2.75) is 40.0 Å². The second kappa shape index (κ2) is 5.56. The predicted molar refractivity (Wildman–Crippen MR) is 105 cm³/mol. The fourth-order valence-corrected chi connectivity index (χ4v) is 3.31. The van der Waals surface area contributed by atoms with Gasteiger partial charge in [0.1, 0.15) is 5.58 Å². The van der Waals surface area contributed by atoms with Crippen LogP contribution in [0.15, 0.2) is 40.8 Å². The van der Waals surface area contributed by atoms with E-state index >= 15 is 0 Å². The van der Waals surface area contributed by atoms with Crippen LogP contribution in [0.2, 0.25) is 0 Å². The van der Waals surface area contributed by atoms with E-state index in [4.69, 9.17) is 9.40 Å². The molecular formula is C22H22N2O2. The first kappa shape index (κ1) is 16.6. The fraction of sp³-hybridized carbons (Fsp3) is 0.273. The summed E-state index contributed by atoms with van der Waals surface area (Å²) in [5.41, 5.74) is 4.67. The Bertz CT molecular complexity index is 1150. The number of rotatable bonds is 1. The highest BCUT2D eigenvalue weighted by Gasteiger charge is 2.20. The Morgan fingerprint density at radius 2 is 1.69 bits per heavy atom. The van der Waals surface area contributed by atoms with Crippen LogP contribution in [0.3, 0.4) is 0 Å². The Hall–Kier alpha value is -2.88. The van der Waals surface area contributed by atoms with Crippen LogP contribution >= 0.6 is 0 Å². The Morgan fingerprint density at radius 1 is 0.962 bits per heavy atom. The van der Waals surface area contributed by atoms with Crippen molar-refractivity contribution in [2.24, 2.45) is 0 Å². The van der Waals surface area contributed by atoms with E-state index < -0.39 is 0 Å². The minimum Gasteiger partial charge on any atom is -0.493 e. The van der Waals surface area contributed by atoms with Crippen molar-refractivity contribution >= 4 is 21.9 Å². The van der Waals surface area contributed by atoms with E-state index in [2.05, 4.69) is 31.8 Å². The van der Waals surface area contributed by atoms with E-state index in [0.29, 0.717) is 17.0 Å². The monoisotopic (exact) mass is 346 g/mol. The minimum absolute atomic E-state index is 0.0145. The molecule has 4 nitrogen and oxygen atoms in total. The summed E-state index contributed by atoms with van der Waals surface area (Å²) >= 11 is 0. The van der Waals surface area contributed by atoms with Crippen molar-refractivity contribution in [3.05, 3.63) is 53.1 Å². The summed E-state index contributed by atoms with van der Waals surface area (Å²) in [5.74, 6) is 0.997. The molecule has 4 rings (SSSR count). The molecule has 0 saturated carbocycles. The maximum absolute atomic E-state index is 10.6. The molecule has 0 spiro atoms. The van der Waals surface area contributed by atoms with E-state index in [9.17, 15) is 5.11 Å². The molecule has 0 unspecified atom stereocenters. The first-order valence-corrected chi connectivity index (χ1v) is 8.76. The summed E-state index contributed by atoms with van der Waals surface area (Å²) < 4.78 is 5.97. The molecule has 26 heavy (non-hydrogen) atoms. The first-order valence-electron chi connectivity index (χ1n) is 8.76. The number of benzene rings is 2. The SMILES string of the molecule is Cc1c(-c2nc(O)c3cc(C(C)(C)C)cc(C)c3n2)oc2ccccc12. The van der Waals surface area contributed by atoms with Crippen LogP contribution in [0, 0.1) is 13.8 Å². The maximum atomic E-state index is 10.6. The zero-order valence-electron chi connectivity index (χ0n) is 15.7. The van der Waals surface area contributed by atoms with Crippen LogP contribution < -0.4 is 0 Å². The van der Waals surface area contributed by atoms with Gasteiger partial charge in [0.05, 0.1) is 10.9 Å². The number of para-hydroxylation sites is 1. The number of hydrogen-bond donors (Lipinski definition) is 1. The molecule has 0 saturated heterocycles. The lowest BCUT2D eigenvalue weighted by Crippen LogP contribution is -2.11. The number of aryl methyl sites for hydroxylation is 2. The largest absolute Gasteiger partial charge is 0.493 e. The minimum atomic E-state index is -0.0148. The average Bonchev–Trinajstić information content (AvgIpc) is 2.92. The molecule has 0 atom stereocenters. The lowest BCUT2D eigenvalue weighted by Gasteiger charge is -2.20. The number of nitrogens with zero attached hydrogens (tertiary/aromatic N) is 2. The smallest absolute Gasteiger partial charge is 0.222 e. The number of fused-ring (bicyclic) bond motifs is 2. The molecule has 2 heterocycles. The van der Waals surface area contributed by atoms with Crippen molar-refractivity contribution in [1.29, 1.82) is 0 Å². The van der Waals surface area contributed by atoms with Crippen LogP contribution in [0.5, 0.6) is 5.88 Å². The number of hydrogen-bond acceptors (Lipinski definition) is 4. The van der Waals surface area contributed by atoms with Crippen LogP contribution in [-0.4, -0.2) is 15.1 Å². The van der Waals surface area contributed by atoms with Gasteiger partial charge in [-0.15, -0.1) is 0 Å². The second-order valence-electron chi connectivity index (χ2n) is 7.86. The molecule has 0 amide bonds. The molecule has 0 aliphatic rings. The van der Waals surface area contributed by atoms with Gasteiger partial charge in [0.15, 0.2) is 11.6 Å². The van der Waals surface area contributed by atoms with E-state index in [1.54, 1.807) is 0 Å². The van der Waals surface area contributed by atoms with Crippen molar-refractivity contribution in [3.63, 3.8) is 0 Å². The molecule has 4 aromatic rings. The van der Waals surface area contributed by atoms with Gasteiger partial charge < -0.3 is 9.52 Å². The van der Waals surface area contributed by atoms with Crippen LogP contribution in [-0.2, 0) is 5.41 Å². The summed E-state index contributed by atoms with van der Waals surface area (Å²) in [5, 5.41) is 12.3. The maximum Gasteiger partial charge on any atom is 0.222 e. The lowest BCUT2D eigenvalue weighted by atomic mass is 9.85. The zero-order valence-corrected chi connectivity index (χ0v) is 15.7. The lowest BCUT2D eigenvalue weighted by molar-refractivity contribution is 0.459. The van der Waals surface area contributed by atoms with Crippen molar-refractivity contribution in [2.75, 3.05) is 0 Å². The van der Waals surface area contributed by atoms with Crippen LogP contribution in [0.25, 0.3) is 33.5 Å². The van der Waals surface area contributed by atoms with Gasteiger partial charge >= 0.3 is 0 Å². The summed E-state index contributed by atoms with van der Waals surface area (Å²) in [6, 6.07) is 12.0. The average molecular weight is 346 g/mol. The molecule has 0 fully saturated rings. The number of furan rings is 1. The van der Waals surface area contributed by atoms with Crippen molar-refractivity contribution in [3.8, 4) is 17.5 Å². The molecule has 0 aliphatic carbocycles. The molecule has 0 bridgehead atoms. The zero-order chi connectivity index (χ0) is 18.6. The molecule has 1 N–H and O–H groups in total. The molecule has 0 aliphatic heterocycles. The van der Waals surface area contributed by atoms with Crippen molar-refractivity contribution < 1.29 is 9.52 Å². The van der Waals surface area contributed by atoms with Gasteiger partial charge in [-0.25, -0.2) is 4.98 Å². The Labute approximate surface area is 152 Å². The molecule has 132 valence electrons. The standard InChI is InChI=1S/C22H22N2O2/c1-12-10-14(22(3,4)5)11-16-18(12)23-20(24-21(16)25)19-13(2)15-8-6-7-9-17(15)26-19/h6-11H,1-5H3,(H,23,24,25). The summed E-state index contributed by atoms with van der Waals surface area (Å²) in [4.78, 5) is 9.06. The van der Waals surface area contributed by atoms with Gasteiger partial charge in [0.2, 0.25) is 5.88 Å². The summed E-state index contributed by atoms with van der Waals surface area (Å²) in [7, 11) is 0. The Morgan fingerprint density at radius 3 is 2.38 bits per heavy atom. The van der Waals surface area contributed by atoms with Gasteiger partial charge in [-0.1, -0.05) is 45.0 Å². The summed E-state index contributed by atoms with van der Waals surface area (Å²) in [6.45, 7) is 10.5. The Kier molecular flexibility index (Phi) is 3.55. The summed E-state index contributed by atoms with van der Waals surface area (Å²) in [6.07, 6.45) is 0. The predicted octanol–water partition coefficient (Wildman–Crippen LogP) is 5.66. The normalized spacial score (nSPS) is 12.2. The third-order valence-corrected chi connectivity index (χ3v) is 4.88. The van der Waals surface area contributed by atoms with Gasteiger partial charge in [0, 0.05) is 10.9 Å². The number of aromatic nitrogens is 2. The van der Waals surface area contributed by atoms with E-state index in [1.807, 2.05) is 44.2 Å². The second-order valence-corrected chi connectivity index (χ2v) is 7.86. The van der Waals surface area contributed by atoms with Crippen molar-refractivity contribution in [1.82, 2.24) is 9.97 Å². The van der Waals surface area contributed by atoms with Gasteiger partial charge in [-0.2, -0.15) is 4.98 Å². The quantitative estimate of drug-likeness (QED) is 0.483. The molecule has 2 aromatic heterocycles. The molecule has 4 heteroatoms. The molecule has 0 radical (unpaired) electrons. The molecule has 2 aromatic carbocycles. The number of aromatic hydroxyl groups is 1. The van der Waals surface area contributed by atoms with E-state index in [1.165, 1.54) is 0 Å².